The molecule has 0 spiro atoms. The first-order valence-corrected chi connectivity index (χ1v) is 10.9. The maximum atomic E-state index is 11.5. The van der Waals surface area contributed by atoms with Crippen LogP contribution >= 0.6 is 0 Å². The third-order valence-electron chi connectivity index (χ3n) is 4.07. The molecule has 15 heteroatoms. The number of nitro benzene ring substituents is 1. The Morgan fingerprint density at radius 2 is 1.52 bits per heavy atom. The fourth-order valence-electron chi connectivity index (χ4n) is 2.68. The van der Waals surface area contributed by atoms with Crippen LogP contribution in [0, 0.1) is 10.1 Å². The van der Waals surface area contributed by atoms with Crippen LogP contribution in [0.4, 0.5) is 22.7 Å². The number of non-ortho nitro benzene ring substituents is 1. The Hall–Kier alpha value is -3.66. The van der Waals surface area contributed by atoms with Crippen molar-refractivity contribution >= 4 is 53.8 Å². The van der Waals surface area contributed by atoms with Crippen molar-refractivity contribution in [3.05, 3.63) is 52.6 Å². The molecule has 0 aliphatic rings. The standard InChI is InChI=1S/C16H12N4O9S2/c17-11-7-10(30(24,25)26)5-8-1-3-13(16(21)15(8)11)19-18-12-4-2-9(20(22)23)6-14(12)31(27,28)29/h1-7,21H,17H2,(H,24,25,26)(H,27,28,29). The van der Waals surface area contributed by atoms with Gasteiger partial charge in [-0.3, -0.25) is 19.2 Å². The van der Waals surface area contributed by atoms with Gasteiger partial charge in [-0.1, -0.05) is 6.07 Å². The number of hydrogen-bond acceptors (Lipinski definition) is 10. The van der Waals surface area contributed by atoms with E-state index >= 15 is 0 Å². The van der Waals surface area contributed by atoms with Gasteiger partial charge in [0.2, 0.25) is 0 Å². The molecule has 13 nitrogen and oxygen atoms in total. The van der Waals surface area contributed by atoms with Crippen molar-refractivity contribution in [2.75, 3.05) is 5.73 Å². The molecule has 3 aromatic rings. The summed E-state index contributed by atoms with van der Waals surface area (Å²) in [6, 6.07) is 6.98. The maximum Gasteiger partial charge on any atom is 0.297 e. The topological polar surface area (TPSA) is 223 Å². The van der Waals surface area contributed by atoms with E-state index in [1.807, 2.05) is 0 Å². The number of aromatic hydroxyl groups is 1. The summed E-state index contributed by atoms with van der Waals surface area (Å²) in [6.45, 7) is 0. The van der Waals surface area contributed by atoms with Gasteiger partial charge in [-0.25, -0.2) is 0 Å². The summed E-state index contributed by atoms with van der Waals surface area (Å²) in [5.74, 6) is -0.532. The number of nitro groups is 1. The lowest BCUT2D eigenvalue weighted by atomic mass is 10.1. The van der Waals surface area contributed by atoms with E-state index in [-0.39, 0.29) is 22.1 Å². The molecule has 0 fully saturated rings. The predicted octanol–water partition coefficient (Wildman–Crippen LogP) is 2.94. The van der Waals surface area contributed by atoms with Crippen LogP contribution in [-0.4, -0.2) is 36.0 Å². The smallest absolute Gasteiger partial charge is 0.297 e. The molecular weight excluding hydrogens is 456 g/mol. The van der Waals surface area contributed by atoms with Crippen molar-refractivity contribution in [2.45, 2.75) is 9.79 Å². The first-order valence-electron chi connectivity index (χ1n) is 7.99. The molecule has 0 bridgehead atoms. The lowest BCUT2D eigenvalue weighted by Crippen LogP contribution is -2.00. The Bertz CT molecular complexity index is 1480. The first kappa shape index (κ1) is 22.0. The second-order valence-electron chi connectivity index (χ2n) is 6.10. The summed E-state index contributed by atoms with van der Waals surface area (Å²) in [5, 5.41) is 28.7. The Balaban J connectivity index is 2.13. The number of hydrogen-bond donors (Lipinski definition) is 4. The molecule has 0 aliphatic heterocycles. The van der Waals surface area contributed by atoms with E-state index in [1.165, 1.54) is 12.1 Å². The molecule has 0 saturated heterocycles. The molecule has 0 unspecified atom stereocenters. The number of phenols is 1. The third-order valence-corrected chi connectivity index (χ3v) is 5.78. The molecule has 3 rings (SSSR count). The normalized spacial score (nSPS) is 12.5. The molecule has 162 valence electrons. The number of nitrogen functional groups attached to an aromatic ring is 1. The molecule has 0 saturated carbocycles. The van der Waals surface area contributed by atoms with Gasteiger partial charge in [-0.15, -0.1) is 10.2 Å². The van der Waals surface area contributed by atoms with Crippen LogP contribution in [0.3, 0.4) is 0 Å². The molecule has 0 amide bonds. The zero-order chi connectivity index (χ0) is 23.1. The molecular formula is C16H12N4O9S2. The van der Waals surface area contributed by atoms with E-state index in [4.69, 9.17) is 10.3 Å². The fourth-order valence-corrected chi connectivity index (χ4v) is 3.88. The van der Waals surface area contributed by atoms with E-state index < -0.39 is 52.1 Å². The number of anilines is 1. The van der Waals surface area contributed by atoms with Crippen molar-refractivity contribution in [1.82, 2.24) is 0 Å². The average molecular weight is 468 g/mol. The van der Waals surface area contributed by atoms with Crippen LogP contribution in [0.2, 0.25) is 0 Å². The lowest BCUT2D eigenvalue weighted by Gasteiger charge is -2.09. The van der Waals surface area contributed by atoms with E-state index in [9.17, 15) is 36.6 Å². The summed E-state index contributed by atoms with van der Waals surface area (Å²) >= 11 is 0. The van der Waals surface area contributed by atoms with Crippen LogP contribution in [0.25, 0.3) is 10.8 Å². The molecule has 0 aromatic heterocycles. The van der Waals surface area contributed by atoms with E-state index in [0.29, 0.717) is 6.07 Å². The van der Waals surface area contributed by atoms with Gasteiger partial charge in [-0.2, -0.15) is 16.8 Å². The van der Waals surface area contributed by atoms with Gasteiger partial charge in [0.05, 0.1) is 9.82 Å². The number of fused-ring (bicyclic) bond motifs is 1. The zero-order valence-electron chi connectivity index (χ0n) is 15.1. The minimum Gasteiger partial charge on any atom is -0.505 e. The molecule has 0 heterocycles. The molecule has 0 atom stereocenters. The molecule has 0 radical (unpaired) electrons. The van der Waals surface area contributed by atoms with Crippen LogP contribution in [0.1, 0.15) is 0 Å². The number of rotatable bonds is 5. The van der Waals surface area contributed by atoms with Gasteiger partial charge in [0.1, 0.15) is 16.3 Å². The summed E-state index contributed by atoms with van der Waals surface area (Å²) < 4.78 is 64.2. The summed E-state index contributed by atoms with van der Waals surface area (Å²) in [6.07, 6.45) is 0. The van der Waals surface area contributed by atoms with Gasteiger partial charge in [0.25, 0.3) is 25.9 Å². The molecule has 31 heavy (non-hydrogen) atoms. The zero-order valence-corrected chi connectivity index (χ0v) is 16.7. The summed E-state index contributed by atoms with van der Waals surface area (Å²) in [5.41, 5.74) is 4.31. The highest BCUT2D eigenvalue weighted by atomic mass is 32.2. The number of azo groups is 1. The Labute approximate surface area is 174 Å². The second kappa shape index (κ2) is 7.55. The van der Waals surface area contributed by atoms with Gasteiger partial charge in [0, 0.05) is 23.2 Å². The molecule has 5 N–H and O–H groups in total. The Kier molecular flexibility index (Phi) is 5.36. The number of nitrogens with zero attached hydrogens (tertiary/aromatic N) is 3. The maximum absolute atomic E-state index is 11.5. The van der Waals surface area contributed by atoms with Crippen LogP contribution in [0.5, 0.6) is 5.75 Å². The third kappa shape index (κ3) is 4.43. The Morgan fingerprint density at radius 3 is 2.10 bits per heavy atom. The van der Waals surface area contributed by atoms with Crippen LogP contribution < -0.4 is 5.73 Å². The van der Waals surface area contributed by atoms with Gasteiger partial charge in [0.15, 0.2) is 5.75 Å². The highest BCUT2D eigenvalue weighted by Crippen LogP contribution is 2.40. The van der Waals surface area contributed by atoms with Crippen LogP contribution in [0.15, 0.2) is 62.5 Å². The van der Waals surface area contributed by atoms with Crippen LogP contribution in [-0.2, 0) is 20.2 Å². The van der Waals surface area contributed by atoms with E-state index in [0.717, 1.165) is 24.3 Å². The molecule has 3 aromatic carbocycles. The highest BCUT2D eigenvalue weighted by molar-refractivity contribution is 7.86. The average Bonchev–Trinajstić information content (AvgIpc) is 2.65. The Morgan fingerprint density at radius 1 is 0.903 bits per heavy atom. The SMILES string of the molecule is Nc1cc(S(=O)(=O)O)cc2ccc(N=Nc3ccc([N+](=O)[O-])cc3S(=O)(=O)O)c(O)c12. The minimum absolute atomic E-state index is 0.0115. The number of nitrogens with two attached hydrogens (primary N) is 1. The van der Waals surface area contributed by atoms with Crippen molar-refractivity contribution in [1.29, 1.82) is 0 Å². The van der Waals surface area contributed by atoms with Crippen molar-refractivity contribution in [3.8, 4) is 5.75 Å². The van der Waals surface area contributed by atoms with E-state index in [2.05, 4.69) is 10.2 Å². The summed E-state index contributed by atoms with van der Waals surface area (Å²) in [7, 11) is -9.43. The van der Waals surface area contributed by atoms with Gasteiger partial charge in [-0.05, 0) is 29.7 Å². The summed E-state index contributed by atoms with van der Waals surface area (Å²) in [4.78, 5) is 8.60. The lowest BCUT2D eigenvalue weighted by molar-refractivity contribution is -0.385. The minimum atomic E-state index is -4.89. The monoisotopic (exact) mass is 468 g/mol. The fraction of sp³-hybridized carbons (Fsp3) is 0. The van der Waals surface area contributed by atoms with E-state index in [1.54, 1.807) is 0 Å². The van der Waals surface area contributed by atoms with Gasteiger partial charge < -0.3 is 10.8 Å². The van der Waals surface area contributed by atoms with Gasteiger partial charge >= 0.3 is 0 Å². The predicted molar refractivity (Wildman–Crippen MR) is 107 cm³/mol. The van der Waals surface area contributed by atoms with Crippen molar-refractivity contribution < 1.29 is 36.0 Å². The highest BCUT2D eigenvalue weighted by Gasteiger charge is 2.21. The number of benzene rings is 3. The molecule has 0 aliphatic carbocycles. The second-order valence-corrected chi connectivity index (χ2v) is 8.91. The first-order chi connectivity index (χ1) is 14.3. The quantitative estimate of drug-likeness (QED) is 0.141. The largest absolute Gasteiger partial charge is 0.505 e. The number of phenolic OH excluding ortho intramolecular Hbond substituents is 1. The van der Waals surface area contributed by atoms with Crippen molar-refractivity contribution in [2.24, 2.45) is 10.2 Å². The van der Waals surface area contributed by atoms with Crippen molar-refractivity contribution in [3.63, 3.8) is 0 Å².